The van der Waals surface area contributed by atoms with Crippen molar-refractivity contribution in [2.75, 3.05) is 0 Å². The van der Waals surface area contributed by atoms with Crippen LogP contribution in [0.5, 0.6) is 5.75 Å². The van der Waals surface area contributed by atoms with Gasteiger partial charge in [0.2, 0.25) is 0 Å². The second-order valence-electron chi connectivity index (χ2n) is 4.55. The molecular weight excluding hydrogens is 178 g/mol. The van der Waals surface area contributed by atoms with Gasteiger partial charge in [0.25, 0.3) is 0 Å². The van der Waals surface area contributed by atoms with Gasteiger partial charge < -0.3 is 15.9 Å². The van der Waals surface area contributed by atoms with Crippen molar-refractivity contribution in [3.05, 3.63) is 29.8 Å². The molecular formula is C11H15NO2. The fourth-order valence-corrected chi connectivity index (χ4v) is 2.30. The topological polar surface area (TPSA) is 66.5 Å². The van der Waals surface area contributed by atoms with Crippen molar-refractivity contribution in [3.8, 4) is 5.75 Å². The number of aliphatic hydroxyl groups is 1. The lowest BCUT2D eigenvalue weighted by atomic mass is 9.63. The Morgan fingerprint density at radius 3 is 2.14 bits per heavy atom. The molecule has 0 spiro atoms. The zero-order valence-electron chi connectivity index (χ0n) is 8.20. The third-order valence-electron chi connectivity index (χ3n) is 2.83. The molecule has 0 aliphatic heterocycles. The Balaban J connectivity index is 2.21. The molecule has 1 saturated carbocycles. The van der Waals surface area contributed by atoms with Crippen LogP contribution in [0.3, 0.4) is 0 Å². The number of hydrogen-bond acceptors (Lipinski definition) is 3. The number of aromatic hydroxyl groups is 1. The third-order valence-corrected chi connectivity index (χ3v) is 2.83. The molecule has 2 rings (SSSR count). The van der Waals surface area contributed by atoms with Crippen LogP contribution in [-0.4, -0.2) is 15.8 Å². The molecule has 76 valence electrons. The Hall–Kier alpha value is -1.06. The summed E-state index contributed by atoms with van der Waals surface area (Å²) in [5, 5.41) is 18.8. The van der Waals surface area contributed by atoms with Crippen molar-refractivity contribution in [1.29, 1.82) is 0 Å². The second-order valence-corrected chi connectivity index (χ2v) is 4.55. The first-order valence-corrected chi connectivity index (χ1v) is 4.72. The van der Waals surface area contributed by atoms with E-state index in [9.17, 15) is 5.11 Å². The molecule has 0 aromatic heterocycles. The van der Waals surface area contributed by atoms with E-state index in [1.165, 1.54) is 0 Å². The lowest BCUT2D eigenvalue weighted by Gasteiger charge is -2.49. The van der Waals surface area contributed by atoms with Gasteiger partial charge in [0, 0.05) is 5.54 Å². The first-order valence-electron chi connectivity index (χ1n) is 4.72. The number of benzene rings is 1. The van der Waals surface area contributed by atoms with Crippen molar-refractivity contribution < 1.29 is 10.2 Å². The van der Waals surface area contributed by atoms with E-state index in [1.807, 2.05) is 12.1 Å². The van der Waals surface area contributed by atoms with Crippen LogP contribution in [0.1, 0.15) is 25.3 Å². The average Bonchev–Trinajstić information content (AvgIpc) is 2.01. The molecule has 1 aliphatic rings. The van der Waals surface area contributed by atoms with Crippen molar-refractivity contribution in [2.45, 2.75) is 30.9 Å². The van der Waals surface area contributed by atoms with Crippen molar-refractivity contribution in [3.63, 3.8) is 0 Å². The summed E-state index contributed by atoms with van der Waals surface area (Å²) in [5.74, 6) is 0.239. The van der Waals surface area contributed by atoms with Crippen LogP contribution in [0.15, 0.2) is 24.3 Å². The van der Waals surface area contributed by atoms with Crippen molar-refractivity contribution >= 4 is 0 Å². The maximum atomic E-state index is 9.64. The zero-order chi connectivity index (χ0) is 10.4. The number of hydrogen-bond donors (Lipinski definition) is 3. The van der Waals surface area contributed by atoms with E-state index in [0.29, 0.717) is 12.8 Å². The van der Waals surface area contributed by atoms with Gasteiger partial charge in [0.15, 0.2) is 0 Å². The van der Waals surface area contributed by atoms with Crippen LogP contribution >= 0.6 is 0 Å². The molecule has 3 nitrogen and oxygen atoms in total. The van der Waals surface area contributed by atoms with E-state index in [2.05, 4.69) is 0 Å². The van der Waals surface area contributed by atoms with E-state index in [0.717, 1.165) is 5.56 Å². The number of phenolic OH excluding ortho intramolecular Hbond substituents is 1. The third kappa shape index (κ3) is 1.49. The molecule has 3 heteroatoms. The zero-order valence-corrected chi connectivity index (χ0v) is 8.20. The molecule has 0 saturated heterocycles. The normalized spacial score (nSPS) is 36.5. The summed E-state index contributed by atoms with van der Waals surface area (Å²) in [7, 11) is 0. The van der Waals surface area contributed by atoms with Gasteiger partial charge in [-0.05, 0) is 37.5 Å². The second kappa shape index (κ2) is 2.72. The van der Waals surface area contributed by atoms with Gasteiger partial charge in [-0.2, -0.15) is 0 Å². The molecule has 0 radical (unpaired) electrons. The molecule has 4 N–H and O–H groups in total. The van der Waals surface area contributed by atoms with Crippen LogP contribution in [0.4, 0.5) is 0 Å². The summed E-state index contributed by atoms with van der Waals surface area (Å²) in [5.41, 5.74) is 6.03. The van der Waals surface area contributed by atoms with Crippen LogP contribution in [-0.2, 0) is 5.54 Å². The maximum Gasteiger partial charge on any atom is 0.115 e. The highest BCUT2D eigenvalue weighted by atomic mass is 16.3. The molecule has 1 aliphatic carbocycles. The lowest BCUT2D eigenvalue weighted by molar-refractivity contribution is -0.0738. The van der Waals surface area contributed by atoms with Crippen LogP contribution in [0.25, 0.3) is 0 Å². The molecule has 0 heterocycles. The molecule has 14 heavy (non-hydrogen) atoms. The van der Waals surface area contributed by atoms with Crippen LogP contribution in [0, 0.1) is 0 Å². The number of rotatable bonds is 1. The molecule has 1 fully saturated rings. The van der Waals surface area contributed by atoms with Crippen LogP contribution in [0.2, 0.25) is 0 Å². The fraction of sp³-hybridized carbons (Fsp3) is 0.455. The Labute approximate surface area is 83.2 Å². The van der Waals surface area contributed by atoms with Crippen molar-refractivity contribution in [1.82, 2.24) is 0 Å². The minimum absolute atomic E-state index is 0.239. The van der Waals surface area contributed by atoms with E-state index in [4.69, 9.17) is 10.8 Å². The Morgan fingerprint density at radius 2 is 1.71 bits per heavy atom. The minimum Gasteiger partial charge on any atom is -0.508 e. The lowest BCUT2D eigenvalue weighted by Crippen LogP contribution is -2.58. The smallest absolute Gasteiger partial charge is 0.115 e. The molecule has 1 aromatic carbocycles. The van der Waals surface area contributed by atoms with Gasteiger partial charge in [-0.15, -0.1) is 0 Å². The molecule has 0 amide bonds. The summed E-state index contributed by atoms with van der Waals surface area (Å²) in [4.78, 5) is 0. The number of nitrogens with two attached hydrogens (primary N) is 1. The van der Waals surface area contributed by atoms with Crippen LogP contribution < -0.4 is 5.73 Å². The standard InChI is InChI=1S/C11H15NO2/c1-10(14)6-11(12,7-10)8-2-4-9(13)5-3-8/h2-5,13-14H,6-7,12H2,1H3. The average molecular weight is 193 g/mol. The Morgan fingerprint density at radius 1 is 1.21 bits per heavy atom. The maximum absolute atomic E-state index is 9.64. The van der Waals surface area contributed by atoms with E-state index in [1.54, 1.807) is 19.1 Å². The van der Waals surface area contributed by atoms with Crippen molar-refractivity contribution in [2.24, 2.45) is 5.73 Å². The van der Waals surface area contributed by atoms with Gasteiger partial charge in [-0.25, -0.2) is 0 Å². The van der Waals surface area contributed by atoms with Gasteiger partial charge in [-0.1, -0.05) is 12.1 Å². The van der Waals surface area contributed by atoms with Gasteiger partial charge >= 0.3 is 0 Å². The highest BCUT2D eigenvalue weighted by Crippen LogP contribution is 2.46. The minimum atomic E-state index is -0.632. The summed E-state index contributed by atoms with van der Waals surface area (Å²) < 4.78 is 0. The van der Waals surface area contributed by atoms with E-state index >= 15 is 0 Å². The quantitative estimate of drug-likeness (QED) is 0.625. The predicted molar refractivity (Wildman–Crippen MR) is 53.8 cm³/mol. The summed E-state index contributed by atoms with van der Waals surface area (Å²) in [6.07, 6.45) is 1.15. The highest BCUT2D eigenvalue weighted by molar-refractivity contribution is 5.33. The predicted octanol–water partition coefficient (Wildman–Crippen LogP) is 1.09. The molecule has 0 unspecified atom stereocenters. The molecule has 0 bridgehead atoms. The Kier molecular flexibility index (Phi) is 1.84. The Bertz CT molecular complexity index is 335. The fourth-order valence-electron chi connectivity index (χ4n) is 2.30. The number of phenols is 1. The summed E-state index contributed by atoms with van der Waals surface area (Å²) in [6.45, 7) is 1.79. The highest BCUT2D eigenvalue weighted by Gasteiger charge is 2.49. The first kappa shape index (κ1) is 9.49. The van der Waals surface area contributed by atoms with Gasteiger partial charge in [0.05, 0.1) is 5.60 Å². The monoisotopic (exact) mass is 193 g/mol. The largest absolute Gasteiger partial charge is 0.508 e. The van der Waals surface area contributed by atoms with E-state index < -0.39 is 11.1 Å². The first-order chi connectivity index (χ1) is 6.41. The van der Waals surface area contributed by atoms with E-state index in [-0.39, 0.29) is 5.75 Å². The molecule has 1 aromatic rings. The SMILES string of the molecule is CC1(O)CC(N)(c2ccc(O)cc2)C1. The van der Waals surface area contributed by atoms with Gasteiger partial charge in [0.1, 0.15) is 5.75 Å². The summed E-state index contributed by atoms with van der Waals surface area (Å²) >= 11 is 0. The van der Waals surface area contributed by atoms with Gasteiger partial charge in [-0.3, -0.25) is 0 Å². The molecule has 0 atom stereocenters. The summed E-state index contributed by atoms with van der Waals surface area (Å²) in [6, 6.07) is 6.86.